The molecule has 100 valence electrons. The highest BCUT2D eigenvalue weighted by atomic mass is 32.2. The zero-order chi connectivity index (χ0) is 13.3. The second-order valence-electron chi connectivity index (χ2n) is 4.10. The molecule has 1 heterocycles. The van der Waals surface area contributed by atoms with Gasteiger partial charge in [-0.25, -0.2) is 8.42 Å². The number of nitrogens with zero attached hydrogens (tertiary/aromatic N) is 1. The number of ether oxygens (including phenoxy) is 2. The number of hydrogen-bond acceptors (Lipinski definition) is 5. The minimum Gasteiger partial charge on any atom is -0.493 e. The highest BCUT2D eigenvalue weighted by Crippen LogP contribution is 2.31. The van der Waals surface area contributed by atoms with Crippen molar-refractivity contribution in [1.29, 1.82) is 0 Å². The molecule has 18 heavy (non-hydrogen) atoms. The van der Waals surface area contributed by atoms with Gasteiger partial charge in [0.1, 0.15) is 0 Å². The number of rotatable bonds is 4. The Morgan fingerprint density at radius 2 is 1.83 bits per heavy atom. The van der Waals surface area contributed by atoms with Gasteiger partial charge in [0.15, 0.2) is 11.5 Å². The standard InChI is InChI=1S/C11H16N2O4S/c1-16-10-4-3-9(5-11(10)17-2)18(14,15)13-6-8(12)7-13/h3-5,8H,6-7,12H2,1-2H3. The second-order valence-corrected chi connectivity index (χ2v) is 6.04. The van der Waals surface area contributed by atoms with E-state index in [0.717, 1.165) is 0 Å². The monoisotopic (exact) mass is 272 g/mol. The van der Waals surface area contributed by atoms with Crippen LogP contribution in [0, 0.1) is 0 Å². The molecule has 0 aliphatic carbocycles. The lowest BCUT2D eigenvalue weighted by molar-refractivity contribution is 0.265. The molecule has 0 bridgehead atoms. The molecule has 1 saturated heterocycles. The van der Waals surface area contributed by atoms with Crippen LogP contribution in [0.1, 0.15) is 0 Å². The maximum atomic E-state index is 12.2. The van der Waals surface area contributed by atoms with E-state index in [4.69, 9.17) is 15.2 Å². The van der Waals surface area contributed by atoms with E-state index in [1.54, 1.807) is 6.07 Å². The average molecular weight is 272 g/mol. The van der Waals surface area contributed by atoms with Crippen molar-refractivity contribution < 1.29 is 17.9 Å². The molecule has 1 aromatic rings. The van der Waals surface area contributed by atoms with E-state index in [1.165, 1.54) is 30.7 Å². The molecule has 7 heteroatoms. The van der Waals surface area contributed by atoms with E-state index in [0.29, 0.717) is 24.6 Å². The summed E-state index contributed by atoms with van der Waals surface area (Å²) in [6.45, 7) is 0.716. The number of methoxy groups -OCH3 is 2. The van der Waals surface area contributed by atoms with E-state index < -0.39 is 10.0 Å². The fourth-order valence-electron chi connectivity index (χ4n) is 1.79. The van der Waals surface area contributed by atoms with Crippen molar-refractivity contribution >= 4 is 10.0 Å². The van der Waals surface area contributed by atoms with Crippen LogP contribution in [0.3, 0.4) is 0 Å². The van der Waals surface area contributed by atoms with Gasteiger partial charge in [-0.3, -0.25) is 0 Å². The van der Waals surface area contributed by atoms with Crippen molar-refractivity contribution in [2.45, 2.75) is 10.9 Å². The Balaban J connectivity index is 2.33. The van der Waals surface area contributed by atoms with Gasteiger partial charge in [-0.1, -0.05) is 0 Å². The van der Waals surface area contributed by atoms with Crippen molar-refractivity contribution in [3.63, 3.8) is 0 Å². The van der Waals surface area contributed by atoms with Gasteiger partial charge in [-0.2, -0.15) is 4.31 Å². The Labute approximate surface area is 106 Å². The summed E-state index contributed by atoms with van der Waals surface area (Å²) in [5.41, 5.74) is 5.59. The summed E-state index contributed by atoms with van der Waals surface area (Å²) in [5.74, 6) is 0.889. The molecule has 0 unspecified atom stereocenters. The van der Waals surface area contributed by atoms with Crippen molar-refractivity contribution in [3.8, 4) is 11.5 Å². The third kappa shape index (κ3) is 2.16. The number of hydrogen-bond donors (Lipinski definition) is 1. The Bertz CT molecular complexity index is 538. The third-order valence-electron chi connectivity index (χ3n) is 2.87. The molecule has 1 fully saturated rings. The SMILES string of the molecule is COc1ccc(S(=O)(=O)N2CC(N)C2)cc1OC. The average Bonchev–Trinajstić information content (AvgIpc) is 2.33. The highest BCUT2D eigenvalue weighted by molar-refractivity contribution is 7.89. The first-order valence-electron chi connectivity index (χ1n) is 5.47. The first-order chi connectivity index (χ1) is 8.48. The maximum absolute atomic E-state index is 12.2. The first kappa shape index (κ1) is 13.1. The second kappa shape index (κ2) is 4.75. The third-order valence-corrected chi connectivity index (χ3v) is 4.70. The summed E-state index contributed by atoms with van der Waals surface area (Å²) in [4.78, 5) is 0.187. The first-order valence-corrected chi connectivity index (χ1v) is 6.91. The van der Waals surface area contributed by atoms with Crippen molar-refractivity contribution in [2.75, 3.05) is 27.3 Å². The molecule has 0 aromatic heterocycles. The molecule has 1 aliphatic heterocycles. The molecular formula is C11H16N2O4S. The van der Waals surface area contributed by atoms with Gasteiger partial charge in [-0.05, 0) is 12.1 Å². The quantitative estimate of drug-likeness (QED) is 0.836. The molecule has 0 radical (unpaired) electrons. The van der Waals surface area contributed by atoms with Crippen LogP contribution >= 0.6 is 0 Å². The zero-order valence-corrected chi connectivity index (χ0v) is 11.1. The summed E-state index contributed by atoms with van der Waals surface area (Å²) in [7, 11) is -0.508. The van der Waals surface area contributed by atoms with Crippen LogP contribution in [0.25, 0.3) is 0 Å². The lowest BCUT2D eigenvalue weighted by atomic mass is 10.2. The number of nitrogens with two attached hydrogens (primary N) is 1. The summed E-state index contributed by atoms with van der Waals surface area (Å²) < 4.78 is 35.9. The smallest absolute Gasteiger partial charge is 0.243 e. The zero-order valence-electron chi connectivity index (χ0n) is 10.3. The summed E-state index contributed by atoms with van der Waals surface area (Å²) in [6.07, 6.45) is 0. The topological polar surface area (TPSA) is 81.9 Å². The predicted octanol–water partition coefficient (Wildman–Crippen LogP) is 0.0354. The van der Waals surface area contributed by atoms with Gasteiger partial charge in [0.2, 0.25) is 10.0 Å². The van der Waals surface area contributed by atoms with Crippen molar-refractivity contribution in [1.82, 2.24) is 4.31 Å². The van der Waals surface area contributed by atoms with Gasteiger partial charge in [0.25, 0.3) is 0 Å². The molecule has 2 rings (SSSR count). The van der Waals surface area contributed by atoms with Gasteiger partial charge >= 0.3 is 0 Å². The minimum atomic E-state index is -3.47. The van der Waals surface area contributed by atoms with Gasteiger partial charge in [0, 0.05) is 25.2 Å². The molecule has 0 atom stereocenters. The highest BCUT2D eigenvalue weighted by Gasteiger charge is 2.35. The molecular weight excluding hydrogens is 256 g/mol. The van der Waals surface area contributed by atoms with E-state index in [2.05, 4.69) is 0 Å². The Morgan fingerprint density at radius 1 is 1.22 bits per heavy atom. The Morgan fingerprint density at radius 3 is 2.33 bits per heavy atom. The molecule has 0 amide bonds. The van der Waals surface area contributed by atoms with Crippen LogP contribution in [0.4, 0.5) is 0 Å². The van der Waals surface area contributed by atoms with Crippen LogP contribution in [-0.4, -0.2) is 46.1 Å². The molecule has 0 saturated carbocycles. The normalized spacial score (nSPS) is 17.3. The lowest BCUT2D eigenvalue weighted by Gasteiger charge is -2.35. The fraction of sp³-hybridized carbons (Fsp3) is 0.455. The molecule has 1 aromatic carbocycles. The molecule has 2 N–H and O–H groups in total. The largest absolute Gasteiger partial charge is 0.493 e. The summed E-state index contributed by atoms with van der Waals surface area (Å²) in [6, 6.07) is 4.46. The summed E-state index contributed by atoms with van der Waals surface area (Å²) >= 11 is 0. The minimum absolute atomic E-state index is 0.0695. The van der Waals surface area contributed by atoms with E-state index in [9.17, 15) is 8.42 Å². The fourth-order valence-corrected chi connectivity index (χ4v) is 3.36. The molecule has 0 spiro atoms. The van der Waals surface area contributed by atoms with E-state index in [-0.39, 0.29) is 10.9 Å². The van der Waals surface area contributed by atoms with E-state index >= 15 is 0 Å². The predicted molar refractivity (Wildman–Crippen MR) is 66.3 cm³/mol. The molecule has 6 nitrogen and oxygen atoms in total. The van der Waals surface area contributed by atoms with E-state index in [1.807, 2.05) is 0 Å². The van der Waals surface area contributed by atoms with Crippen LogP contribution in [-0.2, 0) is 10.0 Å². The Kier molecular flexibility index (Phi) is 3.47. The van der Waals surface area contributed by atoms with Gasteiger partial charge in [0.05, 0.1) is 19.1 Å². The van der Waals surface area contributed by atoms with Crippen LogP contribution < -0.4 is 15.2 Å². The molecule has 1 aliphatic rings. The number of sulfonamides is 1. The Hall–Kier alpha value is -1.31. The summed E-state index contributed by atoms with van der Waals surface area (Å²) in [5, 5.41) is 0. The van der Waals surface area contributed by atoms with Crippen LogP contribution in [0.5, 0.6) is 11.5 Å². The van der Waals surface area contributed by atoms with Gasteiger partial charge < -0.3 is 15.2 Å². The van der Waals surface area contributed by atoms with Crippen molar-refractivity contribution in [3.05, 3.63) is 18.2 Å². The lowest BCUT2D eigenvalue weighted by Crippen LogP contribution is -2.57. The maximum Gasteiger partial charge on any atom is 0.243 e. The van der Waals surface area contributed by atoms with Crippen LogP contribution in [0.15, 0.2) is 23.1 Å². The van der Waals surface area contributed by atoms with Crippen molar-refractivity contribution in [2.24, 2.45) is 5.73 Å². The van der Waals surface area contributed by atoms with Crippen LogP contribution in [0.2, 0.25) is 0 Å². The van der Waals surface area contributed by atoms with Gasteiger partial charge in [-0.15, -0.1) is 0 Å². The number of benzene rings is 1.